The Balaban J connectivity index is 1.49. The molecule has 2 aromatic carbocycles. The van der Waals surface area contributed by atoms with Crippen molar-refractivity contribution in [2.24, 2.45) is 0 Å². The van der Waals surface area contributed by atoms with E-state index in [1.54, 1.807) is 25.3 Å². The van der Waals surface area contributed by atoms with Gasteiger partial charge in [-0.3, -0.25) is 14.7 Å². The highest BCUT2D eigenvalue weighted by molar-refractivity contribution is 7.91. The number of hydrogen-bond donors (Lipinski definition) is 2. The predicted octanol–water partition coefficient (Wildman–Crippen LogP) is 3.07. The van der Waals surface area contributed by atoms with Gasteiger partial charge in [-0.25, -0.2) is 8.42 Å². The Hall–Kier alpha value is -3.07. The lowest BCUT2D eigenvalue weighted by molar-refractivity contribution is 0.0915. The van der Waals surface area contributed by atoms with Crippen LogP contribution < -0.4 is 5.32 Å². The van der Waals surface area contributed by atoms with E-state index < -0.39 is 15.9 Å². The van der Waals surface area contributed by atoms with Crippen LogP contribution >= 0.6 is 0 Å². The van der Waals surface area contributed by atoms with Crippen LogP contribution in [0, 0.1) is 0 Å². The van der Waals surface area contributed by atoms with Crippen molar-refractivity contribution in [3.05, 3.63) is 94.8 Å². The highest BCUT2D eigenvalue weighted by atomic mass is 32.2. The van der Waals surface area contributed by atoms with Crippen LogP contribution in [0.5, 0.6) is 0 Å². The monoisotopic (exact) mass is 479 g/mol. The van der Waals surface area contributed by atoms with Crippen molar-refractivity contribution in [3.63, 3.8) is 0 Å². The second-order valence-corrected chi connectivity index (χ2v) is 10.8. The van der Waals surface area contributed by atoms with Gasteiger partial charge in [0.1, 0.15) is 0 Å². The van der Waals surface area contributed by atoms with E-state index in [9.17, 15) is 18.3 Å². The minimum atomic E-state index is -3.31. The Morgan fingerprint density at radius 1 is 1.18 bits per heavy atom. The third-order valence-electron chi connectivity index (χ3n) is 6.31. The third-order valence-corrected chi connectivity index (χ3v) is 8.06. The largest absolute Gasteiger partial charge is 0.394 e. The molecule has 0 radical (unpaired) electrons. The van der Waals surface area contributed by atoms with E-state index >= 15 is 0 Å². The number of likely N-dealkylation sites (N-methyl/N-ethyl adjacent to an activating group) is 1. The van der Waals surface area contributed by atoms with Crippen LogP contribution in [0.1, 0.15) is 51.7 Å². The fourth-order valence-electron chi connectivity index (χ4n) is 4.30. The minimum absolute atomic E-state index is 0.0131. The molecule has 0 saturated heterocycles. The van der Waals surface area contributed by atoms with E-state index in [2.05, 4.69) is 34.4 Å². The van der Waals surface area contributed by atoms with Crippen molar-refractivity contribution >= 4 is 15.7 Å². The van der Waals surface area contributed by atoms with Crippen LogP contribution in [0.15, 0.2) is 71.8 Å². The maximum atomic E-state index is 12.9. The average molecular weight is 480 g/mol. The average Bonchev–Trinajstić information content (AvgIpc) is 3.17. The van der Waals surface area contributed by atoms with Gasteiger partial charge in [-0.1, -0.05) is 49.4 Å². The lowest BCUT2D eigenvalue weighted by Gasteiger charge is -2.19. The number of hydrogen-bond acceptors (Lipinski definition) is 6. The molecule has 7 nitrogen and oxygen atoms in total. The van der Waals surface area contributed by atoms with Crippen LogP contribution in [-0.2, 0) is 22.8 Å². The number of amides is 1. The van der Waals surface area contributed by atoms with Crippen LogP contribution in [0.25, 0.3) is 0 Å². The number of sulfone groups is 1. The van der Waals surface area contributed by atoms with Crippen molar-refractivity contribution in [2.75, 3.05) is 19.4 Å². The Morgan fingerprint density at radius 3 is 2.53 bits per heavy atom. The number of aliphatic hydroxyl groups excluding tert-OH is 1. The summed E-state index contributed by atoms with van der Waals surface area (Å²) in [6.45, 7) is 1.98. The van der Waals surface area contributed by atoms with Crippen LogP contribution in [0.4, 0.5) is 0 Å². The molecule has 0 spiro atoms. The maximum Gasteiger partial charge on any atom is 0.253 e. The van der Waals surface area contributed by atoms with Gasteiger partial charge in [-0.2, -0.15) is 0 Å². The molecule has 0 fully saturated rings. The van der Waals surface area contributed by atoms with Crippen LogP contribution in [0.3, 0.4) is 0 Å². The lowest BCUT2D eigenvalue weighted by Crippen LogP contribution is -2.31. The quantitative estimate of drug-likeness (QED) is 0.515. The molecule has 2 heterocycles. The van der Waals surface area contributed by atoms with E-state index in [-0.39, 0.29) is 29.2 Å². The van der Waals surface area contributed by atoms with Crippen LogP contribution in [0.2, 0.25) is 0 Å². The third kappa shape index (κ3) is 5.04. The molecule has 0 bridgehead atoms. The van der Waals surface area contributed by atoms with Crippen molar-refractivity contribution in [1.29, 1.82) is 0 Å². The molecule has 1 aromatic heterocycles. The van der Waals surface area contributed by atoms with Crippen molar-refractivity contribution < 1.29 is 18.3 Å². The molecule has 1 amide bonds. The summed E-state index contributed by atoms with van der Waals surface area (Å²) in [5.74, 6) is -0.326. The van der Waals surface area contributed by atoms with Gasteiger partial charge in [0, 0.05) is 12.7 Å². The summed E-state index contributed by atoms with van der Waals surface area (Å²) in [6.07, 6.45) is 2.43. The minimum Gasteiger partial charge on any atom is -0.394 e. The van der Waals surface area contributed by atoms with Gasteiger partial charge in [-0.05, 0) is 48.4 Å². The SMILES string of the molecule is CCS(=O)(=O)c1ccc([C@H](CO)NC(=O)c2cnc3c(c2)CN(C)[C@@H]3Cc2ccccc2)cc1. The number of benzene rings is 2. The van der Waals surface area contributed by atoms with Gasteiger partial charge < -0.3 is 10.4 Å². The Morgan fingerprint density at radius 2 is 1.88 bits per heavy atom. The number of pyridine rings is 1. The summed E-state index contributed by atoms with van der Waals surface area (Å²) in [6, 6.07) is 17.9. The second-order valence-electron chi connectivity index (χ2n) is 8.57. The number of carbonyl (C=O) groups excluding carboxylic acids is 1. The van der Waals surface area contributed by atoms with Gasteiger partial charge >= 0.3 is 0 Å². The van der Waals surface area contributed by atoms with Crippen LogP contribution in [-0.4, -0.2) is 48.7 Å². The number of nitrogens with one attached hydrogen (secondary N) is 1. The maximum absolute atomic E-state index is 12.9. The molecule has 8 heteroatoms. The topological polar surface area (TPSA) is 99.6 Å². The van der Waals surface area contributed by atoms with Gasteiger partial charge in [0.2, 0.25) is 0 Å². The summed E-state index contributed by atoms with van der Waals surface area (Å²) in [7, 11) is -1.26. The van der Waals surface area contributed by atoms with E-state index in [1.165, 1.54) is 17.7 Å². The Kier molecular flexibility index (Phi) is 7.11. The van der Waals surface area contributed by atoms with Gasteiger partial charge in [0.05, 0.1) is 40.6 Å². The Labute approximate surface area is 200 Å². The van der Waals surface area contributed by atoms with Crippen molar-refractivity contribution in [1.82, 2.24) is 15.2 Å². The molecule has 0 saturated carbocycles. The normalized spacial score (nSPS) is 16.7. The summed E-state index contributed by atoms with van der Waals surface area (Å²) in [5.41, 5.74) is 4.29. The zero-order valence-corrected chi connectivity index (χ0v) is 20.1. The highest BCUT2D eigenvalue weighted by Gasteiger charge is 2.30. The van der Waals surface area contributed by atoms with E-state index in [0.717, 1.165) is 17.7 Å². The first kappa shape index (κ1) is 24.1. The number of nitrogens with zero attached hydrogens (tertiary/aromatic N) is 2. The first-order valence-electron chi connectivity index (χ1n) is 11.3. The van der Waals surface area contributed by atoms with E-state index in [4.69, 9.17) is 0 Å². The summed E-state index contributed by atoms with van der Waals surface area (Å²) >= 11 is 0. The molecule has 0 aliphatic carbocycles. The smallest absolute Gasteiger partial charge is 0.253 e. The predicted molar refractivity (Wildman–Crippen MR) is 130 cm³/mol. The number of aromatic nitrogens is 1. The zero-order chi connectivity index (χ0) is 24.3. The lowest BCUT2D eigenvalue weighted by atomic mass is 10.0. The van der Waals surface area contributed by atoms with Crippen molar-refractivity contribution in [3.8, 4) is 0 Å². The Bertz CT molecular complexity index is 1260. The molecule has 0 unspecified atom stereocenters. The molecule has 2 atom stereocenters. The van der Waals surface area contributed by atoms with Gasteiger partial charge in [-0.15, -0.1) is 0 Å². The number of aliphatic hydroxyl groups is 1. The molecule has 3 aromatic rings. The fraction of sp³-hybridized carbons (Fsp3) is 0.308. The highest BCUT2D eigenvalue weighted by Crippen LogP contribution is 2.33. The molecule has 34 heavy (non-hydrogen) atoms. The van der Waals surface area contributed by atoms with Crippen molar-refractivity contribution in [2.45, 2.75) is 36.9 Å². The number of rotatable bonds is 8. The molecule has 1 aliphatic heterocycles. The summed E-state index contributed by atoms with van der Waals surface area (Å²) in [4.78, 5) is 20.0. The molecule has 4 rings (SSSR count). The molecule has 1 aliphatic rings. The first-order valence-corrected chi connectivity index (χ1v) is 12.9. The molecular weight excluding hydrogens is 450 g/mol. The van der Waals surface area contributed by atoms with Gasteiger partial charge in [0.15, 0.2) is 9.84 Å². The zero-order valence-electron chi connectivity index (χ0n) is 19.3. The van der Waals surface area contributed by atoms with E-state index in [1.807, 2.05) is 24.3 Å². The van der Waals surface area contributed by atoms with E-state index in [0.29, 0.717) is 17.7 Å². The summed E-state index contributed by atoms with van der Waals surface area (Å²) in [5, 5.41) is 12.7. The first-order chi connectivity index (χ1) is 16.3. The molecular formula is C26H29N3O4S. The standard InChI is InChI=1S/C26H29N3O4S/c1-3-34(32,33)22-11-9-19(10-12-22)23(17-30)28-26(31)20-14-21-16-29(2)24(25(21)27-15-20)13-18-7-5-4-6-8-18/h4-12,14-15,23-24,30H,3,13,16-17H2,1-2H3,(H,28,31)/t23-,24+/m0/s1. The number of fused-ring (bicyclic) bond motifs is 1. The molecule has 2 N–H and O–H groups in total. The fourth-order valence-corrected chi connectivity index (χ4v) is 5.18. The van der Waals surface area contributed by atoms with Gasteiger partial charge in [0.25, 0.3) is 5.91 Å². The molecule has 178 valence electrons. The summed E-state index contributed by atoms with van der Waals surface area (Å²) < 4.78 is 24.1. The number of carbonyl (C=O) groups is 1. The second kappa shape index (κ2) is 10.0.